The van der Waals surface area contributed by atoms with E-state index in [1.54, 1.807) is 31.3 Å². The molecule has 0 fully saturated rings. The van der Waals surface area contributed by atoms with Crippen molar-refractivity contribution in [1.29, 1.82) is 0 Å². The number of nitrogens with zero attached hydrogens (tertiary/aromatic N) is 2. The van der Waals surface area contributed by atoms with Gasteiger partial charge in [-0.05, 0) is 30.3 Å². The lowest BCUT2D eigenvalue weighted by molar-refractivity contribution is -0.385. The number of nitro benzene ring substituents is 1. The van der Waals surface area contributed by atoms with Crippen molar-refractivity contribution in [2.24, 2.45) is 0 Å². The molecule has 0 spiro atoms. The normalized spacial score (nSPS) is 10.2. The first-order valence-corrected chi connectivity index (χ1v) is 8.81. The second kappa shape index (κ2) is 10.3. The first-order valence-electron chi connectivity index (χ1n) is 8.43. The summed E-state index contributed by atoms with van der Waals surface area (Å²) in [6.45, 7) is 0.280. The maximum absolute atomic E-state index is 12.2. The van der Waals surface area contributed by atoms with Crippen LogP contribution in [0.15, 0.2) is 42.5 Å². The van der Waals surface area contributed by atoms with E-state index in [1.807, 2.05) is 0 Å². The molecule has 2 aromatic rings. The molecular weight excluding hydrogens is 404 g/mol. The van der Waals surface area contributed by atoms with Gasteiger partial charge in [0.25, 0.3) is 11.6 Å². The number of ether oxygens (including phenoxy) is 3. The minimum atomic E-state index is -0.870. The minimum absolute atomic E-state index is 0.134. The first-order chi connectivity index (χ1) is 13.8. The van der Waals surface area contributed by atoms with Crippen molar-refractivity contribution in [3.63, 3.8) is 0 Å². The van der Waals surface area contributed by atoms with Crippen molar-refractivity contribution in [1.82, 2.24) is 4.90 Å². The van der Waals surface area contributed by atoms with E-state index in [0.29, 0.717) is 17.3 Å². The van der Waals surface area contributed by atoms with E-state index >= 15 is 0 Å². The number of esters is 1. The van der Waals surface area contributed by atoms with E-state index < -0.39 is 16.6 Å². The molecule has 29 heavy (non-hydrogen) atoms. The van der Waals surface area contributed by atoms with Gasteiger partial charge in [0.15, 0.2) is 6.61 Å². The fourth-order valence-corrected chi connectivity index (χ4v) is 2.37. The lowest BCUT2D eigenvalue weighted by Crippen LogP contribution is -2.34. The Labute approximate surface area is 171 Å². The molecule has 0 heterocycles. The summed E-state index contributed by atoms with van der Waals surface area (Å²) in [6.07, 6.45) is 0. The van der Waals surface area contributed by atoms with Crippen molar-refractivity contribution in [2.75, 3.05) is 33.9 Å². The zero-order chi connectivity index (χ0) is 21.4. The fourth-order valence-electron chi connectivity index (χ4n) is 2.25. The molecule has 9 nitrogen and oxygen atoms in total. The Morgan fingerprint density at radius 3 is 2.38 bits per heavy atom. The third-order valence-electron chi connectivity index (χ3n) is 3.87. The number of carbonyl (C=O) groups excluding carboxylic acids is 2. The van der Waals surface area contributed by atoms with Gasteiger partial charge in [-0.3, -0.25) is 14.9 Å². The molecule has 1 amide bonds. The van der Waals surface area contributed by atoms with Gasteiger partial charge in [0.05, 0.1) is 18.6 Å². The molecular formula is C19H19ClN2O7. The highest BCUT2D eigenvalue weighted by Crippen LogP contribution is 2.25. The fraction of sp³-hybridized carbons (Fsp3) is 0.263. The van der Waals surface area contributed by atoms with Crippen molar-refractivity contribution in [3.8, 4) is 11.5 Å². The van der Waals surface area contributed by atoms with Crippen LogP contribution >= 0.6 is 11.6 Å². The van der Waals surface area contributed by atoms with Crippen LogP contribution in [0.5, 0.6) is 11.5 Å². The van der Waals surface area contributed by atoms with Gasteiger partial charge in [-0.25, -0.2) is 4.79 Å². The first kappa shape index (κ1) is 22.0. The number of rotatable bonds is 9. The van der Waals surface area contributed by atoms with Crippen molar-refractivity contribution >= 4 is 29.2 Å². The van der Waals surface area contributed by atoms with Gasteiger partial charge in [-0.1, -0.05) is 11.6 Å². The molecule has 0 aliphatic carbocycles. The monoisotopic (exact) mass is 422 g/mol. The molecule has 0 unspecified atom stereocenters. The highest BCUT2D eigenvalue weighted by atomic mass is 35.5. The van der Waals surface area contributed by atoms with Crippen LogP contribution in [0.1, 0.15) is 10.4 Å². The molecule has 0 saturated carbocycles. The van der Waals surface area contributed by atoms with Gasteiger partial charge >= 0.3 is 5.97 Å². The highest BCUT2D eigenvalue weighted by Gasteiger charge is 2.22. The lowest BCUT2D eigenvalue weighted by Gasteiger charge is -2.18. The molecule has 0 aliphatic rings. The van der Waals surface area contributed by atoms with Crippen molar-refractivity contribution < 1.29 is 28.7 Å². The van der Waals surface area contributed by atoms with Crippen LogP contribution in [0, 0.1) is 10.1 Å². The Balaban J connectivity index is 1.88. The smallest absolute Gasteiger partial charge is 0.345 e. The average Bonchev–Trinajstić information content (AvgIpc) is 2.72. The number of carbonyl (C=O) groups is 2. The van der Waals surface area contributed by atoms with Crippen molar-refractivity contribution in [3.05, 3.63) is 63.2 Å². The molecule has 10 heteroatoms. The molecule has 2 aromatic carbocycles. The number of amides is 1. The zero-order valence-corrected chi connectivity index (χ0v) is 16.5. The zero-order valence-electron chi connectivity index (χ0n) is 15.8. The van der Waals surface area contributed by atoms with Crippen LogP contribution in [0.25, 0.3) is 0 Å². The van der Waals surface area contributed by atoms with E-state index in [2.05, 4.69) is 4.74 Å². The molecule has 0 radical (unpaired) electrons. The quantitative estimate of drug-likeness (QED) is 0.347. The Bertz CT molecular complexity index is 887. The number of benzene rings is 2. The van der Waals surface area contributed by atoms with Gasteiger partial charge in [-0.2, -0.15) is 0 Å². The van der Waals surface area contributed by atoms with Crippen LogP contribution in [-0.4, -0.2) is 55.6 Å². The highest BCUT2D eigenvalue weighted by molar-refractivity contribution is 6.30. The topological polar surface area (TPSA) is 108 Å². The Morgan fingerprint density at radius 2 is 1.76 bits per heavy atom. The number of likely N-dealkylation sites (N-methyl/N-ethyl adjacent to an activating group) is 1. The van der Waals surface area contributed by atoms with E-state index in [1.165, 1.54) is 17.0 Å². The molecule has 0 bridgehead atoms. The number of hydrogen-bond acceptors (Lipinski definition) is 7. The summed E-state index contributed by atoms with van der Waals surface area (Å²) in [7, 11) is 2.71. The third kappa shape index (κ3) is 6.35. The third-order valence-corrected chi connectivity index (χ3v) is 4.12. The van der Waals surface area contributed by atoms with E-state index in [0.717, 1.165) is 13.2 Å². The number of halogens is 1. The minimum Gasteiger partial charge on any atom is -0.492 e. The van der Waals surface area contributed by atoms with Crippen LogP contribution in [-0.2, 0) is 9.53 Å². The summed E-state index contributed by atoms with van der Waals surface area (Å²) in [6, 6.07) is 10.4. The molecule has 0 saturated heterocycles. The SMILES string of the molecule is COC(=O)c1cc(OCC(=O)N(C)CCOc2ccc(Cl)cc2)ccc1[N+](=O)[O-]. The molecule has 2 rings (SSSR count). The summed E-state index contributed by atoms with van der Waals surface area (Å²) in [5.41, 5.74) is -0.667. The molecule has 0 aliphatic heterocycles. The molecule has 154 valence electrons. The van der Waals surface area contributed by atoms with Crippen LogP contribution in [0.2, 0.25) is 5.02 Å². The molecule has 0 atom stereocenters. The Hall–Kier alpha value is -3.33. The lowest BCUT2D eigenvalue weighted by atomic mass is 10.1. The van der Waals surface area contributed by atoms with Crippen LogP contribution in [0.3, 0.4) is 0 Å². The predicted molar refractivity (Wildman–Crippen MR) is 105 cm³/mol. The maximum atomic E-state index is 12.2. The maximum Gasteiger partial charge on any atom is 0.345 e. The second-order valence-electron chi connectivity index (χ2n) is 5.83. The van der Waals surface area contributed by atoms with Gasteiger partial charge in [0.2, 0.25) is 0 Å². The van der Waals surface area contributed by atoms with Gasteiger partial charge in [0, 0.05) is 24.2 Å². The largest absolute Gasteiger partial charge is 0.492 e. The summed E-state index contributed by atoms with van der Waals surface area (Å²) >= 11 is 5.80. The van der Waals surface area contributed by atoms with Crippen LogP contribution in [0.4, 0.5) is 5.69 Å². The summed E-state index contributed by atoms with van der Waals surface area (Å²) in [5, 5.41) is 11.6. The van der Waals surface area contributed by atoms with E-state index in [-0.39, 0.29) is 30.4 Å². The van der Waals surface area contributed by atoms with E-state index in [4.69, 9.17) is 21.1 Å². The standard InChI is InChI=1S/C19H19ClN2O7/c1-21(9-10-28-14-5-3-13(20)4-6-14)18(23)12-29-15-7-8-17(22(25)26)16(11-15)19(24)27-2/h3-8,11H,9-10,12H2,1-2H3. The van der Waals surface area contributed by atoms with Gasteiger partial charge in [0.1, 0.15) is 23.7 Å². The summed E-state index contributed by atoms with van der Waals surface area (Å²) in [4.78, 5) is 35.6. The van der Waals surface area contributed by atoms with E-state index in [9.17, 15) is 19.7 Å². The number of nitro groups is 1. The molecule has 0 aromatic heterocycles. The van der Waals surface area contributed by atoms with Crippen molar-refractivity contribution in [2.45, 2.75) is 0 Å². The Kier molecular flexibility index (Phi) is 7.79. The van der Waals surface area contributed by atoms with Gasteiger partial charge < -0.3 is 19.1 Å². The second-order valence-corrected chi connectivity index (χ2v) is 6.27. The van der Waals surface area contributed by atoms with Gasteiger partial charge in [-0.15, -0.1) is 0 Å². The van der Waals surface area contributed by atoms with Crippen LogP contribution < -0.4 is 9.47 Å². The number of methoxy groups -OCH3 is 1. The number of hydrogen-bond donors (Lipinski definition) is 0. The Morgan fingerprint density at radius 1 is 1.10 bits per heavy atom. The predicted octanol–water partition coefficient (Wildman–Crippen LogP) is 2.95. The average molecular weight is 423 g/mol. The summed E-state index contributed by atoms with van der Waals surface area (Å²) in [5.74, 6) is -0.435. The summed E-state index contributed by atoms with van der Waals surface area (Å²) < 4.78 is 15.4. The molecule has 0 N–H and O–H groups in total.